The van der Waals surface area contributed by atoms with Gasteiger partial charge in [-0.3, -0.25) is 10.1 Å². The first-order chi connectivity index (χ1) is 9.60. The number of aryl methyl sites for hydroxylation is 1. The highest BCUT2D eigenvalue weighted by Crippen LogP contribution is 2.40. The van der Waals surface area contributed by atoms with Crippen LogP contribution in [-0.4, -0.2) is 23.4 Å². The number of carbonyl (C=O) groups is 1. The molecule has 3 rings (SSSR count). The molecule has 1 amide bonds. The number of benzene rings is 1. The standard InChI is InChI=1S/C17H24N2O/c1-4-15-17(20)19(10-14-9-12(14)3)16(18-15)13-7-5-11(2)6-8-13/h5-8,12,14-16,18H,4,9-10H2,1-3H3. The van der Waals surface area contributed by atoms with E-state index >= 15 is 0 Å². The van der Waals surface area contributed by atoms with Gasteiger partial charge in [0.05, 0.1) is 6.04 Å². The molecule has 2 aliphatic rings. The third kappa shape index (κ3) is 2.47. The Balaban J connectivity index is 1.82. The Morgan fingerprint density at radius 3 is 2.50 bits per heavy atom. The van der Waals surface area contributed by atoms with E-state index in [0.29, 0.717) is 5.92 Å². The van der Waals surface area contributed by atoms with Crippen molar-refractivity contribution in [3.05, 3.63) is 35.4 Å². The van der Waals surface area contributed by atoms with Crippen LogP contribution in [0, 0.1) is 18.8 Å². The van der Waals surface area contributed by atoms with Gasteiger partial charge in [0, 0.05) is 6.54 Å². The molecule has 1 saturated heterocycles. The summed E-state index contributed by atoms with van der Waals surface area (Å²) in [4.78, 5) is 14.6. The average Bonchev–Trinajstić information content (AvgIpc) is 3.04. The maximum absolute atomic E-state index is 12.5. The maximum atomic E-state index is 12.5. The van der Waals surface area contributed by atoms with Crippen LogP contribution in [0.3, 0.4) is 0 Å². The smallest absolute Gasteiger partial charge is 0.241 e. The molecule has 0 bridgehead atoms. The molecule has 20 heavy (non-hydrogen) atoms. The Labute approximate surface area is 121 Å². The predicted molar refractivity (Wildman–Crippen MR) is 80.1 cm³/mol. The van der Waals surface area contributed by atoms with Crippen LogP contribution in [0.25, 0.3) is 0 Å². The van der Waals surface area contributed by atoms with E-state index in [0.717, 1.165) is 18.9 Å². The lowest BCUT2D eigenvalue weighted by molar-refractivity contribution is -0.130. The number of nitrogens with zero attached hydrogens (tertiary/aromatic N) is 1. The van der Waals surface area contributed by atoms with Crippen molar-refractivity contribution in [1.29, 1.82) is 0 Å². The minimum absolute atomic E-state index is 0.0182. The fraction of sp³-hybridized carbons (Fsp3) is 0.588. The third-order valence-corrected chi connectivity index (χ3v) is 4.76. The Morgan fingerprint density at radius 2 is 1.95 bits per heavy atom. The van der Waals surface area contributed by atoms with Crippen molar-refractivity contribution in [3.8, 4) is 0 Å². The van der Waals surface area contributed by atoms with Crippen LogP contribution in [0.15, 0.2) is 24.3 Å². The number of hydrogen-bond donors (Lipinski definition) is 1. The fourth-order valence-electron chi connectivity index (χ4n) is 3.10. The molecule has 3 heteroatoms. The topological polar surface area (TPSA) is 32.3 Å². The van der Waals surface area contributed by atoms with Crippen molar-refractivity contribution in [1.82, 2.24) is 10.2 Å². The summed E-state index contributed by atoms with van der Waals surface area (Å²) in [5.74, 6) is 1.75. The molecule has 2 fully saturated rings. The van der Waals surface area contributed by atoms with E-state index in [4.69, 9.17) is 0 Å². The maximum Gasteiger partial charge on any atom is 0.241 e. The highest BCUT2D eigenvalue weighted by Gasteiger charge is 2.43. The molecule has 1 aromatic carbocycles. The summed E-state index contributed by atoms with van der Waals surface area (Å²) in [6, 6.07) is 8.51. The van der Waals surface area contributed by atoms with Crippen molar-refractivity contribution in [2.45, 2.75) is 45.8 Å². The minimum atomic E-state index is -0.0182. The summed E-state index contributed by atoms with van der Waals surface area (Å²) in [6.45, 7) is 7.35. The average molecular weight is 272 g/mol. The van der Waals surface area contributed by atoms with E-state index in [-0.39, 0.29) is 18.1 Å². The molecule has 0 spiro atoms. The SMILES string of the molecule is CCC1NC(c2ccc(C)cc2)N(CC2CC2C)C1=O. The molecular weight excluding hydrogens is 248 g/mol. The van der Waals surface area contributed by atoms with E-state index < -0.39 is 0 Å². The first-order valence-corrected chi connectivity index (χ1v) is 7.73. The van der Waals surface area contributed by atoms with E-state index in [9.17, 15) is 4.79 Å². The van der Waals surface area contributed by atoms with Gasteiger partial charge in [0.1, 0.15) is 6.17 Å². The molecular formula is C17H24N2O. The fourth-order valence-corrected chi connectivity index (χ4v) is 3.10. The quantitative estimate of drug-likeness (QED) is 0.914. The largest absolute Gasteiger partial charge is 0.321 e. The molecule has 0 aromatic heterocycles. The van der Waals surface area contributed by atoms with E-state index in [2.05, 4.69) is 55.3 Å². The van der Waals surface area contributed by atoms with E-state index in [1.807, 2.05) is 0 Å². The highest BCUT2D eigenvalue weighted by molar-refractivity contribution is 5.84. The van der Waals surface area contributed by atoms with Crippen molar-refractivity contribution in [3.63, 3.8) is 0 Å². The van der Waals surface area contributed by atoms with Crippen LogP contribution < -0.4 is 5.32 Å². The van der Waals surface area contributed by atoms with Gasteiger partial charge in [0.15, 0.2) is 0 Å². The number of carbonyl (C=O) groups excluding carboxylic acids is 1. The summed E-state index contributed by atoms with van der Waals surface area (Å²) in [6.07, 6.45) is 2.18. The Kier molecular flexibility index (Phi) is 3.55. The zero-order valence-electron chi connectivity index (χ0n) is 12.6. The first-order valence-electron chi connectivity index (χ1n) is 7.73. The molecule has 4 atom stereocenters. The lowest BCUT2D eigenvalue weighted by atomic mass is 10.1. The molecule has 1 heterocycles. The number of amides is 1. The van der Waals surface area contributed by atoms with Gasteiger partial charge in [0.25, 0.3) is 0 Å². The Hall–Kier alpha value is -1.35. The Morgan fingerprint density at radius 1 is 1.30 bits per heavy atom. The van der Waals surface area contributed by atoms with Crippen molar-refractivity contribution < 1.29 is 4.79 Å². The second-order valence-electron chi connectivity index (χ2n) is 6.40. The van der Waals surface area contributed by atoms with Gasteiger partial charge in [-0.2, -0.15) is 0 Å². The molecule has 1 aliphatic carbocycles. The zero-order chi connectivity index (χ0) is 14.3. The third-order valence-electron chi connectivity index (χ3n) is 4.76. The second kappa shape index (κ2) is 5.21. The van der Waals surface area contributed by atoms with Gasteiger partial charge in [-0.1, -0.05) is 43.7 Å². The zero-order valence-corrected chi connectivity index (χ0v) is 12.6. The van der Waals surface area contributed by atoms with Gasteiger partial charge in [-0.05, 0) is 37.2 Å². The summed E-state index contributed by atoms with van der Waals surface area (Å²) in [5.41, 5.74) is 2.46. The van der Waals surface area contributed by atoms with Crippen molar-refractivity contribution in [2.24, 2.45) is 11.8 Å². The molecule has 0 radical (unpaired) electrons. The molecule has 4 unspecified atom stereocenters. The summed E-state index contributed by atoms with van der Waals surface area (Å²) < 4.78 is 0. The van der Waals surface area contributed by atoms with Gasteiger partial charge >= 0.3 is 0 Å². The monoisotopic (exact) mass is 272 g/mol. The molecule has 1 saturated carbocycles. The van der Waals surface area contributed by atoms with Crippen LogP contribution in [0.5, 0.6) is 0 Å². The van der Waals surface area contributed by atoms with Gasteiger partial charge in [0.2, 0.25) is 5.91 Å². The van der Waals surface area contributed by atoms with Crippen LogP contribution >= 0.6 is 0 Å². The molecule has 3 nitrogen and oxygen atoms in total. The van der Waals surface area contributed by atoms with Crippen molar-refractivity contribution >= 4 is 5.91 Å². The molecule has 108 valence electrons. The summed E-state index contributed by atoms with van der Waals surface area (Å²) in [5, 5.41) is 3.50. The second-order valence-corrected chi connectivity index (χ2v) is 6.40. The van der Waals surface area contributed by atoms with Gasteiger partial charge in [-0.25, -0.2) is 0 Å². The van der Waals surface area contributed by atoms with Gasteiger partial charge in [-0.15, -0.1) is 0 Å². The highest BCUT2D eigenvalue weighted by atomic mass is 16.2. The summed E-state index contributed by atoms with van der Waals surface area (Å²) in [7, 11) is 0. The van der Waals surface area contributed by atoms with Gasteiger partial charge < -0.3 is 4.90 Å². The number of hydrogen-bond acceptors (Lipinski definition) is 2. The lowest BCUT2D eigenvalue weighted by Gasteiger charge is -2.24. The number of nitrogens with one attached hydrogen (secondary N) is 1. The molecule has 1 N–H and O–H groups in total. The van der Waals surface area contributed by atoms with Crippen LogP contribution in [0.2, 0.25) is 0 Å². The molecule has 1 aliphatic heterocycles. The Bertz CT molecular complexity index is 496. The predicted octanol–water partition coefficient (Wildman–Crippen LogP) is 2.86. The van der Waals surface area contributed by atoms with Crippen LogP contribution in [0.1, 0.15) is 44.0 Å². The normalized spacial score (nSPS) is 32.8. The van der Waals surface area contributed by atoms with Crippen molar-refractivity contribution in [2.75, 3.05) is 6.54 Å². The minimum Gasteiger partial charge on any atom is -0.321 e. The van der Waals surface area contributed by atoms with E-state index in [1.54, 1.807) is 0 Å². The van der Waals surface area contributed by atoms with E-state index in [1.165, 1.54) is 17.5 Å². The number of rotatable bonds is 4. The molecule has 1 aromatic rings. The summed E-state index contributed by atoms with van der Waals surface area (Å²) >= 11 is 0. The lowest BCUT2D eigenvalue weighted by Crippen LogP contribution is -2.33. The van der Waals surface area contributed by atoms with Crippen LogP contribution in [0.4, 0.5) is 0 Å². The van der Waals surface area contributed by atoms with Crippen LogP contribution in [-0.2, 0) is 4.79 Å². The first kappa shape index (κ1) is 13.6.